The lowest BCUT2D eigenvalue weighted by atomic mass is 9.96. The van der Waals surface area contributed by atoms with E-state index in [1.165, 1.54) is 30.0 Å². The number of Topliss-reactive ketones (excluding diaryl/α,β-unsaturated/α-hetero) is 1. The van der Waals surface area contributed by atoms with Crippen molar-refractivity contribution in [3.63, 3.8) is 0 Å². The number of amides is 1. The highest BCUT2D eigenvalue weighted by molar-refractivity contribution is 9.10. The van der Waals surface area contributed by atoms with Crippen LogP contribution in [0.4, 0.5) is 5.69 Å². The van der Waals surface area contributed by atoms with Crippen molar-refractivity contribution in [2.45, 2.75) is 13.0 Å². The van der Waals surface area contributed by atoms with Gasteiger partial charge in [-0.2, -0.15) is 0 Å². The lowest BCUT2D eigenvalue weighted by Gasteiger charge is -2.27. The molecule has 3 rings (SSSR count). The van der Waals surface area contributed by atoms with Crippen molar-refractivity contribution in [3.8, 4) is 0 Å². The normalized spacial score (nSPS) is 16.9. The second-order valence-corrected chi connectivity index (χ2v) is 6.72. The molecule has 0 saturated heterocycles. The number of nitrogens with zero attached hydrogens (tertiary/aromatic N) is 1. The van der Waals surface area contributed by atoms with E-state index in [0.717, 1.165) is 4.47 Å². The van der Waals surface area contributed by atoms with E-state index >= 15 is 0 Å². The van der Waals surface area contributed by atoms with Gasteiger partial charge in [0.25, 0.3) is 5.91 Å². The van der Waals surface area contributed by atoms with Gasteiger partial charge in [0, 0.05) is 10.2 Å². The molecule has 2 aromatic rings. The molecular weight excluding hydrogens is 402 g/mol. The molecule has 2 aromatic carbocycles. The van der Waals surface area contributed by atoms with Crippen molar-refractivity contribution in [2.75, 3.05) is 4.90 Å². The van der Waals surface area contributed by atoms with Crippen molar-refractivity contribution in [1.29, 1.82) is 0 Å². The highest BCUT2D eigenvalue weighted by Crippen LogP contribution is 2.41. The first-order chi connectivity index (χ1) is 12.3. The van der Waals surface area contributed by atoms with Crippen molar-refractivity contribution >= 4 is 39.3 Å². The molecule has 26 heavy (non-hydrogen) atoms. The lowest BCUT2D eigenvalue weighted by Crippen LogP contribution is -2.31. The minimum Gasteiger partial charge on any atom is -0.503 e. The van der Waals surface area contributed by atoms with Gasteiger partial charge in [-0.3, -0.25) is 14.5 Å². The average molecular weight is 416 g/mol. The monoisotopic (exact) mass is 415 g/mol. The number of anilines is 1. The fourth-order valence-corrected chi connectivity index (χ4v) is 3.24. The molecule has 0 saturated carbocycles. The highest BCUT2D eigenvalue weighted by atomic mass is 79.9. The Balaban J connectivity index is 2.18. The first-order valence-electron chi connectivity index (χ1n) is 7.67. The Kier molecular flexibility index (Phi) is 4.65. The van der Waals surface area contributed by atoms with Gasteiger partial charge in [0.05, 0.1) is 17.2 Å². The van der Waals surface area contributed by atoms with Crippen LogP contribution in [0.15, 0.2) is 64.3 Å². The summed E-state index contributed by atoms with van der Waals surface area (Å²) in [5, 5.41) is 19.5. The van der Waals surface area contributed by atoms with E-state index in [1.807, 2.05) is 0 Å². The molecule has 1 heterocycles. The molecule has 0 unspecified atom stereocenters. The topological polar surface area (TPSA) is 94.9 Å². The number of ketones is 1. The molecule has 0 spiro atoms. The van der Waals surface area contributed by atoms with E-state index in [0.29, 0.717) is 5.56 Å². The van der Waals surface area contributed by atoms with E-state index in [9.17, 15) is 24.6 Å². The number of carboxylic acid groups (broad SMARTS) is 1. The van der Waals surface area contributed by atoms with Crippen LogP contribution in [0.25, 0.3) is 0 Å². The summed E-state index contributed by atoms with van der Waals surface area (Å²) in [5.74, 6) is -2.93. The van der Waals surface area contributed by atoms with Gasteiger partial charge in [-0.25, -0.2) is 4.79 Å². The number of aromatic carboxylic acids is 1. The molecular formula is C19H14BrNO5. The van der Waals surface area contributed by atoms with Crippen LogP contribution in [-0.2, 0) is 9.59 Å². The van der Waals surface area contributed by atoms with Crippen LogP contribution < -0.4 is 4.90 Å². The zero-order chi connectivity index (χ0) is 19.0. The van der Waals surface area contributed by atoms with Crippen LogP contribution >= 0.6 is 15.9 Å². The number of rotatable bonds is 4. The Bertz CT molecular complexity index is 949. The molecule has 0 fully saturated rings. The van der Waals surface area contributed by atoms with Gasteiger partial charge in [-0.15, -0.1) is 0 Å². The van der Waals surface area contributed by atoms with Gasteiger partial charge in [-0.05, 0) is 42.8 Å². The molecule has 1 atom stereocenters. The van der Waals surface area contributed by atoms with E-state index in [4.69, 9.17) is 0 Å². The molecule has 2 N–H and O–H groups in total. The summed E-state index contributed by atoms with van der Waals surface area (Å²) >= 11 is 3.33. The Labute approximate surface area is 157 Å². The summed E-state index contributed by atoms with van der Waals surface area (Å²) in [6, 6.07) is 12.0. The molecule has 1 aliphatic heterocycles. The van der Waals surface area contributed by atoms with Crippen molar-refractivity contribution in [1.82, 2.24) is 0 Å². The van der Waals surface area contributed by atoms with Crippen molar-refractivity contribution in [2.24, 2.45) is 0 Å². The maximum Gasteiger partial charge on any atom is 0.335 e. The SMILES string of the molecule is CC(=O)C1=C(O)C(=O)N(c2cccc(C(=O)O)c2)[C@@H]1c1ccc(Br)cc1. The molecule has 0 radical (unpaired) electrons. The molecule has 0 aliphatic carbocycles. The second-order valence-electron chi connectivity index (χ2n) is 5.80. The number of carboxylic acids is 1. The predicted molar refractivity (Wildman–Crippen MR) is 98.1 cm³/mol. The van der Waals surface area contributed by atoms with Crippen LogP contribution in [0.3, 0.4) is 0 Å². The summed E-state index contributed by atoms with van der Waals surface area (Å²) in [6.45, 7) is 1.28. The molecule has 0 aromatic heterocycles. The third-order valence-electron chi connectivity index (χ3n) is 4.14. The number of carbonyl (C=O) groups excluding carboxylic acids is 2. The molecule has 6 nitrogen and oxygen atoms in total. The maximum absolute atomic E-state index is 12.7. The first-order valence-corrected chi connectivity index (χ1v) is 8.47. The number of halogens is 1. The summed E-state index contributed by atoms with van der Waals surface area (Å²) in [4.78, 5) is 37.3. The number of hydrogen-bond donors (Lipinski definition) is 2. The third kappa shape index (κ3) is 3.01. The predicted octanol–water partition coefficient (Wildman–Crippen LogP) is 3.64. The Morgan fingerprint density at radius 1 is 1.12 bits per heavy atom. The molecule has 1 amide bonds. The maximum atomic E-state index is 12.7. The largest absolute Gasteiger partial charge is 0.503 e. The van der Waals surface area contributed by atoms with Crippen molar-refractivity contribution in [3.05, 3.63) is 75.5 Å². The third-order valence-corrected chi connectivity index (χ3v) is 4.67. The number of benzene rings is 2. The van der Waals surface area contributed by atoms with Gasteiger partial charge < -0.3 is 10.2 Å². The van der Waals surface area contributed by atoms with Gasteiger partial charge in [0.1, 0.15) is 0 Å². The van der Waals surface area contributed by atoms with Crippen LogP contribution in [0.2, 0.25) is 0 Å². The molecule has 7 heteroatoms. The van der Waals surface area contributed by atoms with Crippen LogP contribution in [0.5, 0.6) is 0 Å². The Morgan fingerprint density at radius 2 is 1.77 bits per heavy atom. The van der Waals surface area contributed by atoms with Gasteiger partial charge in [-0.1, -0.05) is 34.1 Å². The quantitative estimate of drug-likeness (QED) is 0.794. The van der Waals surface area contributed by atoms with Crippen LogP contribution in [-0.4, -0.2) is 27.9 Å². The zero-order valence-corrected chi connectivity index (χ0v) is 15.2. The van der Waals surface area contributed by atoms with E-state index in [1.54, 1.807) is 30.3 Å². The first kappa shape index (κ1) is 17.9. The summed E-state index contributed by atoms with van der Waals surface area (Å²) < 4.78 is 0.822. The smallest absolute Gasteiger partial charge is 0.335 e. The van der Waals surface area contributed by atoms with Crippen LogP contribution in [0.1, 0.15) is 28.9 Å². The fraction of sp³-hybridized carbons (Fsp3) is 0.105. The minimum absolute atomic E-state index is 0.000575. The number of aliphatic hydroxyl groups excluding tert-OH is 1. The number of aliphatic hydroxyl groups is 1. The standard InChI is InChI=1S/C19H14BrNO5/c1-10(22)15-16(11-5-7-13(20)8-6-11)21(18(24)17(15)23)14-4-2-3-12(9-14)19(25)26/h2-9,16,23H,1H3,(H,25,26)/t16-/m1/s1. The average Bonchev–Trinajstić information content (AvgIpc) is 2.87. The Morgan fingerprint density at radius 3 is 2.35 bits per heavy atom. The van der Waals surface area contributed by atoms with E-state index < -0.39 is 29.5 Å². The van der Waals surface area contributed by atoms with Crippen LogP contribution in [0, 0.1) is 0 Å². The zero-order valence-electron chi connectivity index (χ0n) is 13.6. The lowest BCUT2D eigenvalue weighted by molar-refractivity contribution is -0.117. The van der Waals surface area contributed by atoms with Gasteiger partial charge in [0.2, 0.25) is 0 Å². The molecule has 132 valence electrons. The fourth-order valence-electron chi connectivity index (χ4n) is 2.98. The summed E-state index contributed by atoms with van der Waals surface area (Å²) in [7, 11) is 0. The summed E-state index contributed by atoms with van der Waals surface area (Å²) in [5.41, 5.74) is 0.890. The van der Waals surface area contributed by atoms with E-state index in [-0.39, 0.29) is 16.8 Å². The molecule has 0 bridgehead atoms. The summed E-state index contributed by atoms with van der Waals surface area (Å²) in [6.07, 6.45) is 0. The van der Waals surface area contributed by atoms with Gasteiger partial charge in [0.15, 0.2) is 11.5 Å². The second kappa shape index (κ2) is 6.76. The highest BCUT2D eigenvalue weighted by Gasteiger charge is 2.43. The number of hydrogen-bond acceptors (Lipinski definition) is 4. The van der Waals surface area contributed by atoms with E-state index in [2.05, 4.69) is 15.9 Å². The minimum atomic E-state index is -1.14. The molecule has 1 aliphatic rings. The van der Waals surface area contributed by atoms with Gasteiger partial charge >= 0.3 is 5.97 Å². The Hall–Kier alpha value is -2.93. The number of carbonyl (C=O) groups is 3. The van der Waals surface area contributed by atoms with Crippen molar-refractivity contribution < 1.29 is 24.6 Å².